The number of carbonyl (C=O) groups is 1. The number of nitrogens with zero attached hydrogens (tertiary/aromatic N) is 2. The Morgan fingerprint density at radius 1 is 1.18 bits per heavy atom. The molecule has 2 aromatic carbocycles. The summed E-state index contributed by atoms with van der Waals surface area (Å²) in [5.74, 6) is 1.17. The lowest BCUT2D eigenvalue weighted by Crippen LogP contribution is -3.05. The Balaban J connectivity index is 1.58. The number of fused-ring (bicyclic) bond motifs is 2. The van der Waals surface area contributed by atoms with Crippen LogP contribution in [0.25, 0.3) is 10.2 Å². The van der Waals surface area contributed by atoms with Crippen molar-refractivity contribution in [3.63, 3.8) is 0 Å². The zero-order valence-electron chi connectivity index (χ0n) is 16.1. The minimum absolute atomic E-state index is 0.109. The first-order chi connectivity index (χ1) is 13.6. The lowest BCUT2D eigenvalue weighted by molar-refractivity contribution is -0.858. The summed E-state index contributed by atoms with van der Waals surface area (Å²) in [6, 6.07) is 15.4. The Kier molecular flexibility index (Phi) is 5.45. The van der Waals surface area contributed by atoms with Gasteiger partial charge in [-0.2, -0.15) is 0 Å². The fraction of sp³-hybridized carbons (Fsp3) is 0.333. The van der Waals surface area contributed by atoms with Crippen molar-refractivity contribution in [1.29, 1.82) is 0 Å². The molecule has 6 nitrogen and oxygen atoms in total. The quantitative estimate of drug-likeness (QED) is 0.690. The van der Waals surface area contributed by atoms with E-state index in [1.807, 2.05) is 48.5 Å². The SMILES string of the molecule is C[NH+](C)CCCN(C(=O)[C@@H]1COc2ccccc2O1)c1nc2ccccc2s1. The van der Waals surface area contributed by atoms with E-state index in [0.717, 1.165) is 23.2 Å². The predicted molar refractivity (Wildman–Crippen MR) is 111 cm³/mol. The molecule has 28 heavy (non-hydrogen) atoms. The first-order valence-corrected chi connectivity index (χ1v) is 10.3. The van der Waals surface area contributed by atoms with Gasteiger partial charge in [-0.3, -0.25) is 9.69 Å². The summed E-state index contributed by atoms with van der Waals surface area (Å²) in [5.41, 5.74) is 0.907. The molecule has 1 aliphatic rings. The van der Waals surface area contributed by atoms with Gasteiger partial charge in [0.25, 0.3) is 5.91 Å². The Morgan fingerprint density at radius 3 is 2.71 bits per heavy atom. The van der Waals surface area contributed by atoms with Gasteiger partial charge < -0.3 is 14.4 Å². The number of para-hydroxylation sites is 3. The first kappa shape index (κ1) is 18.7. The van der Waals surface area contributed by atoms with Crippen LogP contribution in [0.4, 0.5) is 5.13 Å². The summed E-state index contributed by atoms with van der Waals surface area (Å²) in [6.45, 7) is 1.78. The molecule has 1 aromatic heterocycles. The van der Waals surface area contributed by atoms with Crippen LogP contribution in [-0.2, 0) is 4.79 Å². The molecule has 1 amide bonds. The number of hydrogen-bond donors (Lipinski definition) is 1. The number of rotatable bonds is 6. The Hall–Kier alpha value is -2.64. The van der Waals surface area contributed by atoms with Crippen molar-refractivity contribution in [2.24, 2.45) is 0 Å². The molecule has 2 heterocycles. The highest BCUT2D eigenvalue weighted by Gasteiger charge is 2.33. The molecule has 146 valence electrons. The number of quaternary nitrogens is 1. The number of benzene rings is 2. The maximum Gasteiger partial charge on any atom is 0.273 e. The molecule has 0 fully saturated rings. The molecule has 0 aliphatic carbocycles. The van der Waals surface area contributed by atoms with Crippen molar-refractivity contribution in [3.8, 4) is 11.5 Å². The van der Waals surface area contributed by atoms with E-state index in [1.165, 1.54) is 16.2 Å². The average Bonchev–Trinajstić information content (AvgIpc) is 3.14. The highest BCUT2D eigenvalue weighted by Crippen LogP contribution is 2.33. The Labute approximate surface area is 168 Å². The smallest absolute Gasteiger partial charge is 0.273 e. The van der Waals surface area contributed by atoms with Gasteiger partial charge in [0, 0.05) is 13.0 Å². The molecule has 0 bridgehead atoms. The van der Waals surface area contributed by atoms with Gasteiger partial charge in [-0.15, -0.1) is 0 Å². The van der Waals surface area contributed by atoms with Crippen molar-refractivity contribution in [1.82, 2.24) is 4.98 Å². The second-order valence-electron chi connectivity index (χ2n) is 7.13. The van der Waals surface area contributed by atoms with Crippen LogP contribution >= 0.6 is 11.3 Å². The van der Waals surface area contributed by atoms with Crippen molar-refractivity contribution in [3.05, 3.63) is 48.5 Å². The summed E-state index contributed by atoms with van der Waals surface area (Å²) in [6.07, 6.45) is 0.211. The zero-order valence-corrected chi connectivity index (χ0v) is 16.9. The number of anilines is 1. The van der Waals surface area contributed by atoms with Crippen LogP contribution in [0.15, 0.2) is 48.5 Å². The van der Waals surface area contributed by atoms with Gasteiger partial charge in [-0.05, 0) is 24.3 Å². The van der Waals surface area contributed by atoms with Crippen LogP contribution in [0.3, 0.4) is 0 Å². The molecule has 4 rings (SSSR count). The molecule has 1 aliphatic heterocycles. The third kappa shape index (κ3) is 3.95. The van der Waals surface area contributed by atoms with E-state index in [4.69, 9.17) is 14.5 Å². The number of carbonyl (C=O) groups excluding carboxylic acids is 1. The van der Waals surface area contributed by atoms with Crippen molar-refractivity contribution < 1.29 is 19.2 Å². The predicted octanol–water partition coefficient (Wildman–Crippen LogP) is 2.00. The van der Waals surface area contributed by atoms with E-state index in [-0.39, 0.29) is 12.5 Å². The normalized spacial score (nSPS) is 15.8. The summed E-state index contributed by atoms with van der Waals surface area (Å²) in [4.78, 5) is 21.1. The summed E-state index contributed by atoms with van der Waals surface area (Å²) >= 11 is 1.53. The summed E-state index contributed by atoms with van der Waals surface area (Å²) < 4.78 is 12.8. The third-order valence-electron chi connectivity index (χ3n) is 4.62. The molecule has 0 unspecified atom stereocenters. The highest BCUT2D eigenvalue weighted by atomic mass is 32.1. The molecule has 1 atom stereocenters. The molecule has 0 spiro atoms. The molecule has 3 aromatic rings. The van der Waals surface area contributed by atoms with Crippen LogP contribution in [0.5, 0.6) is 11.5 Å². The number of ether oxygens (including phenoxy) is 2. The largest absolute Gasteiger partial charge is 0.485 e. The topological polar surface area (TPSA) is 56.1 Å². The van der Waals surface area contributed by atoms with Gasteiger partial charge in [-0.1, -0.05) is 35.6 Å². The van der Waals surface area contributed by atoms with Gasteiger partial charge in [-0.25, -0.2) is 4.98 Å². The van der Waals surface area contributed by atoms with Crippen molar-refractivity contribution >= 4 is 32.6 Å². The molecule has 1 N–H and O–H groups in total. The second kappa shape index (κ2) is 8.16. The zero-order chi connectivity index (χ0) is 19.5. The average molecular weight is 399 g/mol. The minimum atomic E-state index is -0.673. The van der Waals surface area contributed by atoms with E-state index < -0.39 is 6.10 Å². The van der Waals surface area contributed by atoms with Crippen LogP contribution in [0.2, 0.25) is 0 Å². The van der Waals surface area contributed by atoms with Crippen LogP contribution in [-0.4, -0.2) is 50.8 Å². The maximum atomic E-state index is 13.3. The lowest BCUT2D eigenvalue weighted by atomic mass is 10.2. The standard InChI is InChI=1S/C21H23N3O3S/c1-23(2)12-7-13-24(21-22-15-8-3-6-11-19(15)28-21)20(25)18-14-26-16-9-4-5-10-17(16)27-18/h3-6,8-11,18H,7,12-14H2,1-2H3/p+1/t18-/m0/s1. The summed E-state index contributed by atoms with van der Waals surface area (Å²) in [5, 5.41) is 0.711. The number of aromatic nitrogens is 1. The van der Waals surface area contributed by atoms with E-state index in [0.29, 0.717) is 23.2 Å². The maximum absolute atomic E-state index is 13.3. The van der Waals surface area contributed by atoms with Gasteiger partial charge in [0.1, 0.15) is 6.61 Å². The monoisotopic (exact) mass is 398 g/mol. The Bertz CT molecular complexity index is 939. The van der Waals surface area contributed by atoms with Gasteiger partial charge in [0.2, 0.25) is 6.10 Å². The molecule has 7 heteroatoms. The van der Waals surface area contributed by atoms with Crippen molar-refractivity contribution in [2.75, 3.05) is 38.7 Å². The highest BCUT2D eigenvalue weighted by molar-refractivity contribution is 7.22. The Morgan fingerprint density at radius 2 is 1.93 bits per heavy atom. The molecule has 0 saturated carbocycles. The second-order valence-corrected chi connectivity index (χ2v) is 8.14. The van der Waals surface area contributed by atoms with E-state index in [9.17, 15) is 4.79 Å². The molecule has 0 radical (unpaired) electrons. The first-order valence-electron chi connectivity index (χ1n) is 9.46. The molecular weight excluding hydrogens is 374 g/mol. The number of hydrogen-bond acceptors (Lipinski definition) is 5. The summed E-state index contributed by atoms with van der Waals surface area (Å²) in [7, 11) is 4.22. The van der Waals surface area contributed by atoms with E-state index in [1.54, 1.807) is 4.90 Å². The molecular formula is C21H24N3O3S+. The van der Waals surface area contributed by atoms with Crippen LogP contribution in [0.1, 0.15) is 6.42 Å². The fourth-order valence-electron chi connectivity index (χ4n) is 3.18. The molecule has 0 saturated heterocycles. The van der Waals surface area contributed by atoms with Gasteiger partial charge >= 0.3 is 0 Å². The number of thiazole rings is 1. The number of amides is 1. The van der Waals surface area contributed by atoms with Gasteiger partial charge in [0.15, 0.2) is 16.6 Å². The van der Waals surface area contributed by atoms with E-state index >= 15 is 0 Å². The lowest BCUT2D eigenvalue weighted by Gasteiger charge is -2.29. The number of nitrogens with one attached hydrogen (secondary N) is 1. The van der Waals surface area contributed by atoms with Crippen LogP contribution < -0.4 is 19.3 Å². The van der Waals surface area contributed by atoms with Crippen LogP contribution in [0, 0.1) is 0 Å². The van der Waals surface area contributed by atoms with Gasteiger partial charge in [0.05, 0.1) is 30.9 Å². The fourth-order valence-corrected chi connectivity index (χ4v) is 4.18. The minimum Gasteiger partial charge on any atom is -0.485 e. The third-order valence-corrected chi connectivity index (χ3v) is 5.68. The van der Waals surface area contributed by atoms with E-state index in [2.05, 4.69) is 14.1 Å². The van der Waals surface area contributed by atoms with Crippen molar-refractivity contribution in [2.45, 2.75) is 12.5 Å².